The molecule has 0 fully saturated rings. The third kappa shape index (κ3) is 4.21. The van der Waals surface area contributed by atoms with Gasteiger partial charge in [0, 0.05) is 15.9 Å². The molecule has 0 aliphatic heterocycles. The molecular weight excluding hydrogens is 387 g/mol. The monoisotopic (exact) mass is 406 g/mol. The van der Waals surface area contributed by atoms with Crippen molar-refractivity contribution in [1.82, 2.24) is 10.3 Å². The second-order valence-electron chi connectivity index (χ2n) is 6.70. The molecule has 1 atom stereocenters. The van der Waals surface area contributed by atoms with Crippen LogP contribution in [0.1, 0.15) is 23.0 Å². The van der Waals surface area contributed by atoms with E-state index in [9.17, 15) is 9.90 Å². The molecule has 2 aromatic carbocycles. The molecule has 5 nitrogen and oxygen atoms in total. The molecule has 142 valence electrons. The lowest BCUT2D eigenvalue weighted by molar-refractivity contribution is 0.0848. The van der Waals surface area contributed by atoms with Gasteiger partial charge >= 0.3 is 0 Å². The number of rotatable bonds is 6. The standard InChI is InChI=1S/C20H20Cl2N2O3/c1-20(11-25,10-12-3-6-14(27-2)7-4-12)24-19(26)18-17(22)15-9-13(21)5-8-16(15)23-18/h3-9,23,25H,10-11H2,1-2H3,(H,24,26). The summed E-state index contributed by atoms with van der Waals surface area (Å²) in [5.74, 6) is 0.356. The molecule has 3 aromatic rings. The molecule has 0 radical (unpaired) electrons. The van der Waals surface area contributed by atoms with Crippen molar-refractivity contribution in [2.24, 2.45) is 0 Å². The highest BCUT2D eigenvalue weighted by molar-refractivity contribution is 6.39. The third-order valence-electron chi connectivity index (χ3n) is 4.44. The predicted octanol–water partition coefficient (Wildman–Crippen LogP) is 4.21. The Morgan fingerprint density at radius 3 is 2.56 bits per heavy atom. The van der Waals surface area contributed by atoms with Gasteiger partial charge in [-0.25, -0.2) is 0 Å². The number of ether oxygens (including phenoxy) is 1. The van der Waals surface area contributed by atoms with Crippen LogP contribution in [0.25, 0.3) is 10.9 Å². The molecule has 0 aliphatic carbocycles. The summed E-state index contributed by atoms with van der Waals surface area (Å²) in [5.41, 5.74) is 1.06. The van der Waals surface area contributed by atoms with Crippen molar-refractivity contribution in [3.63, 3.8) is 0 Å². The first-order chi connectivity index (χ1) is 12.8. The predicted molar refractivity (Wildman–Crippen MR) is 108 cm³/mol. The second kappa shape index (κ2) is 7.80. The lowest BCUT2D eigenvalue weighted by Gasteiger charge is -2.29. The maximum atomic E-state index is 12.8. The normalized spacial score (nSPS) is 13.4. The highest BCUT2D eigenvalue weighted by atomic mass is 35.5. The van der Waals surface area contributed by atoms with E-state index < -0.39 is 11.4 Å². The number of methoxy groups -OCH3 is 1. The fourth-order valence-electron chi connectivity index (χ4n) is 2.96. The largest absolute Gasteiger partial charge is 0.497 e. The van der Waals surface area contributed by atoms with Crippen LogP contribution in [0.4, 0.5) is 0 Å². The molecule has 1 amide bonds. The van der Waals surface area contributed by atoms with E-state index in [1.54, 1.807) is 32.2 Å². The Morgan fingerprint density at radius 2 is 1.93 bits per heavy atom. The SMILES string of the molecule is COc1ccc(CC(C)(CO)NC(=O)c2[nH]c3ccc(Cl)cc3c2Cl)cc1. The highest BCUT2D eigenvalue weighted by Gasteiger charge is 2.28. The van der Waals surface area contributed by atoms with E-state index >= 15 is 0 Å². The minimum atomic E-state index is -0.857. The number of aliphatic hydroxyl groups is 1. The van der Waals surface area contributed by atoms with E-state index in [4.69, 9.17) is 27.9 Å². The van der Waals surface area contributed by atoms with Gasteiger partial charge in [-0.1, -0.05) is 35.3 Å². The van der Waals surface area contributed by atoms with E-state index in [1.165, 1.54) is 0 Å². The van der Waals surface area contributed by atoms with Gasteiger partial charge in [-0.15, -0.1) is 0 Å². The van der Waals surface area contributed by atoms with Gasteiger partial charge in [-0.2, -0.15) is 0 Å². The molecule has 0 aliphatic rings. The first-order valence-electron chi connectivity index (χ1n) is 8.38. The minimum Gasteiger partial charge on any atom is -0.497 e. The average Bonchev–Trinajstić information content (AvgIpc) is 2.98. The van der Waals surface area contributed by atoms with Crippen LogP contribution in [-0.4, -0.2) is 35.3 Å². The maximum absolute atomic E-state index is 12.8. The Kier molecular flexibility index (Phi) is 5.65. The quantitative estimate of drug-likeness (QED) is 0.573. The van der Waals surface area contributed by atoms with Crippen LogP contribution in [0.3, 0.4) is 0 Å². The summed E-state index contributed by atoms with van der Waals surface area (Å²) in [7, 11) is 1.60. The zero-order chi connectivity index (χ0) is 19.6. The van der Waals surface area contributed by atoms with Crippen molar-refractivity contribution in [1.29, 1.82) is 0 Å². The van der Waals surface area contributed by atoms with Gasteiger partial charge < -0.3 is 20.1 Å². The lowest BCUT2D eigenvalue weighted by atomic mass is 9.93. The molecule has 0 saturated carbocycles. The second-order valence-corrected chi connectivity index (χ2v) is 7.52. The van der Waals surface area contributed by atoms with Gasteiger partial charge in [-0.3, -0.25) is 4.79 Å². The molecule has 27 heavy (non-hydrogen) atoms. The van der Waals surface area contributed by atoms with E-state index in [0.717, 1.165) is 16.8 Å². The molecule has 7 heteroatoms. The number of hydrogen-bond donors (Lipinski definition) is 3. The number of hydrogen-bond acceptors (Lipinski definition) is 3. The fraction of sp³-hybridized carbons (Fsp3) is 0.250. The van der Waals surface area contributed by atoms with Crippen LogP contribution < -0.4 is 10.1 Å². The minimum absolute atomic E-state index is 0.228. The number of aliphatic hydroxyl groups excluding tert-OH is 1. The zero-order valence-corrected chi connectivity index (χ0v) is 16.5. The van der Waals surface area contributed by atoms with E-state index in [-0.39, 0.29) is 12.3 Å². The zero-order valence-electron chi connectivity index (χ0n) is 15.0. The van der Waals surface area contributed by atoms with Crippen LogP contribution in [0.2, 0.25) is 10.0 Å². The van der Waals surface area contributed by atoms with E-state index in [0.29, 0.717) is 21.9 Å². The summed E-state index contributed by atoms with van der Waals surface area (Å²) in [4.78, 5) is 15.8. The number of aromatic amines is 1. The number of aromatic nitrogens is 1. The van der Waals surface area contributed by atoms with Crippen LogP contribution in [-0.2, 0) is 6.42 Å². The van der Waals surface area contributed by atoms with Gasteiger partial charge in [0.2, 0.25) is 0 Å². The molecule has 3 rings (SSSR count). The summed E-state index contributed by atoms with van der Waals surface area (Å²) in [6, 6.07) is 12.7. The van der Waals surface area contributed by atoms with Crippen molar-refractivity contribution >= 4 is 40.0 Å². The van der Waals surface area contributed by atoms with Crippen LogP contribution >= 0.6 is 23.2 Å². The first kappa shape index (κ1) is 19.5. The average molecular weight is 407 g/mol. The molecule has 0 bridgehead atoms. The topological polar surface area (TPSA) is 74.3 Å². The number of benzene rings is 2. The molecule has 1 heterocycles. The summed E-state index contributed by atoms with van der Waals surface area (Å²) in [5, 5.41) is 14.3. The van der Waals surface area contributed by atoms with Gasteiger partial charge in [0.05, 0.1) is 24.3 Å². The van der Waals surface area contributed by atoms with Crippen molar-refractivity contribution < 1.29 is 14.6 Å². The van der Waals surface area contributed by atoms with E-state index in [1.807, 2.05) is 24.3 Å². The fourth-order valence-corrected chi connectivity index (χ4v) is 3.42. The number of H-pyrrole nitrogens is 1. The van der Waals surface area contributed by atoms with Crippen LogP contribution in [0, 0.1) is 0 Å². The molecular formula is C20H20Cl2N2O3. The molecule has 3 N–H and O–H groups in total. The number of amides is 1. The summed E-state index contributed by atoms with van der Waals surface area (Å²) in [6.45, 7) is 1.55. The van der Waals surface area contributed by atoms with Crippen molar-refractivity contribution in [3.8, 4) is 5.75 Å². The smallest absolute Gasteiger partial charge is 0.269 e. The number of nitrogens with one attached hydrogen (secondary N) is 2. The lowest BCUT2D eigenvalue weighted by Crippen LogP contribution is -2.50. The van der Waals surface area contributed by atoms with Crippen molar-refractivity contribution in [2.75, 3.05) is 13.7 Å². The maximum Gasteiger partial charge on any atom is 0.269 e. The van der Waals surface area contributed by atoms with Crippen molar-refractivity contribution in [2.45, 2.75) is 18.9 Å². The first-order valence-corrected chi connectivity index (χ1v) is 9.14. The Hall–Kier alpha value is -2.21. The Labute approximate surface area is 167 Å². The third-order valence-corrected chi connectivity index (χ3v) is 5.07. The molecule has 0 saturated heterocycles. The summed E-state index contributed by atoms with van der Waals surface area (Å²) >= 11 is 12.4. The molecule has 0 spiro atoms. The Balaban J connectivity index is 1.82. The number of halogens is 2. The molecule has 1 aromatic heterocycles. The number of carbonyl (C=O) groups is 1. The van der Waals surface area contributed by atoms with Crippen molar-refractivity contribution in [3.05, 3.63) is 63.8 Å². The van der Waals surface area contributed by atoms with Gasteiger partial charge in [0.1, 0.15) is 11.4 Å². The summed E-state index contributed by atoms with van der Waals surface area (Å²) in [6.07, 6.45) is 0.447. The highest BCUT2D eigenvalue weighted by Crippen LogP contribution is 2.30. The number of carbonyl (C=O) groups excluding carboxylic acids is 1. The summed E-state index contributed by atoms with van der Waals surface area (Å²) < 4.78 is 5.15. The van der Waals surface area contributed by atoms with E-state index in [2.05, 4.69) is 10.3 Å². The van der Waals surface area contributed by atoms with Gasteiger partial charge in [0.15, 0.2) is 0 Å². The Morgan fingerprint density at radius 1 is 1.22 bits per heavy atom. The van der Waals surface area contributed by atoms with Gasteiger partial charge in [-0.05, 0) is 49.2 Å². The van der Waals surface area contributed by atoms with Crippen LogP contribution in [0.5, 0.6) is 5.75 Å². The Bertz CT molecular complexity index is 969. The number of fused-ring (bicyclic) bond motifs is 1. The van der Waals surface area contributed by atoms with Gasteiger partial charge in [0.25, 0.3) is 5.91 Å². The van der Waals surface area contributed by atoms with Crippen LogP contribution in [0.15, 0.2) is 42.5 Å². The molecule has 1 unspecified atom stereocenters.